The van der Waals surface area contributed by atoms with Crippen molar-refractivity contribution in [3.8, 4) is 0 Å². The molecule has 0 bridgehead atoms. The van der Waals surface area contributed by atoms with Crippen LogP contribution in [0.25, 0.3) is 0 Å². The maximum atomic E-state index is 11.7. The van der Waals surface area contributed by atoms with Gasteiger partial charge in [-0.2, -0.15) is 0 Å². The Bertz CT molecular complexity index is 225. The van der Waals surface area contributed by atoms with E-state index in [2.05, 4.69) is 5.32 Å². The minimum absolute atomic E-state index is 0. The lowest BCUT2D eigenvalue weighted by molar-refractivity contribution is -0.125. The van der Waals surface area contributed by atoms with Gasteiger partial charge in [0.05, 0.1) is 11.6 Å². The predicted molar refractivity (Wildman–Crippen MR) is 68.8 cm³/mol. The van der Waals surface area contributed by atoms with Gasteiger partial charge < -0.3 is 15.8 Å². The number of carbonyl (C=O) groups is 1. The van der Waals surface area contributed by atoms with Gasteiger partial charge in [0.1, 0.15) is 0 Å². The molecule has 5 heteroatoms. The zero-order valence-electron chi connectivity index (χ0n) is 11.1. The molecule has 4 nitrogen and oxygen atoms in total. The van der Waals surface area contributed by atoms with Crippen LogP contribution in [0, 0.1) is 5.41 Å². The second-order valence-corrected chi connectivity index (χ2v) is 5.53. The Balaban J connectivity index is 0. The summed E-state index contributed by atoms with van der Waals surface area (Å²) in [6.07, 6.45) is 0. The molecule has 0 fully saturated rings. The van der Waals surface area contributed by atoms with Crippen LogP contribution < -0.4 is 11.1 Å². The molecule has 0 unspecified atom stereocenters. The molecular formula is C11H25ClN2O2. The highest BCUT2D eigenvalue weighted by atomic mass is 35.5. The van der Waals surface area contributed by atoms with Crippen molar-refractivity contribution in [3.63, 3.8) is 0 Å². The Labute approximate surface area is 105 Å². The summed E-state index contributed by atoms with van der Waals surface area (Å²) < 4.78 is 5.20. The molecule has 0 saturated carbocycles. The van der Waals surface area contributed by atoms with E-state index in [9.17, 15) is 4.79 Å². The van der Waals surface area contributed by atoms with Crippen LogP contribution in [0.15, 0.2) is 0 Å². The van der Waals surface area contributed by atoms with Crippen LogP contribution in [0.5, 0.6) is 0 Å². The molecule has 0 radical (unpaired) electrons. The van der Waals surface area contributed by atoms with E-state index in [0.717, 1.165) is 0 Å². The summed E-state index contributed by atoms with van der Waals surface area (Å²) in [5, 5.41) is 2.79. The van der Waals surface area contributed by atoms with E-state index in [1.807, 2.05) is 34.6 Å². The molecule has 0 aromatic rings. The molecule has 0 spiro atoms. The van der Waals surface area contributed by atoms with Crippen molar-refractivity contribution in [2.75, 3.05) is 13.7 Å². The molecule has 0 aliphatic carbocycles. The molecule has 1 atom stereocenters. The Morgan fingerprint density at radius 1 is 1.31 bits per heavy atom. The van der Waals surface area contributed by atoms with E-state index in [1.54, 1.807) is 7.11 Å². The van der Waals surface area contributed by atoms with Gasteiger partial charge in [0.25, 0.3) is 0 Å². The van der Waals surface area contributed by atoms with E-state index in [0.29, 0.717) is 6.54 Å². The summed E-state index contributed by atoms with van der Waals surface area (Å²) in [4.78, 5) is 11.7. The normalized spacial score (nSPS) is 13.9. The largest absolute Gasteiger partial charge is 0.377 e. The molecule has 0 aliphatic heterocycles. The summed E-state index contributed by atoms with van der Waals surface area (Å²) in [6, 6.07) is -0.495. The molecule has 16 heavy (non-hydrogen) atoms. The fourth-order valence-corrected chi connectivity index (χ4v) is 0.875. The lowest BCUT2D eigenvalue weighted by Gasteiger charge is -2.28. The first kappa shape index (κ1) is 18.1. The average molecular weight is 253 g/mol. The fourth-order valence-electron chi connectivity index (χ4n) is 0.875. The van der Waals surface area contributed by atoms with Crippen molar-refractivity contribution in [3.05, 3.63) is 0 Å². The smallest absolute Gasteiger partial charge is 0.237 e. The Kier molecular flexibility index (Phi) is 7.25. The third-order valence-corrected chi connectivity index (χ3v) is 2.46. The molecule has 1 amide bonds. The molecule has 0 saturated heterocycles. The standard InChI is InChI=1S/C11H24N2O2.ClH/c1-10(2,3)8(12)9(14)13-7-11(4,5)15-6;/h8H,7,12H2,1-6H3,(H,13,14);1H/t8-;/m1./s1. The summed E-state index contributed by atoms with van der Waals surface area (Å²) in [7, 11) is 1.62. The second-order valence-electron chi connectivity index (χ2n) is 5.53. The number of amides is 1. The number of hydrogen-bond acceptors (Lipinski definition) is 3. The number of halogens is 1. The highest BCUT2D eigenvalue weighted by Gasteiger charge is 2.28. The number of methoxy groups -OCH3 is 1. The van der Waals surface area contributed by atoms with Crippen molar-refractivity contribution in [1.82, 2.24) is 5.32 Å². The number of hydrogen-bond donors (Lipinski definition) is 2. The van der Waals surface area contributed by atoms with Gasteiger partial charge in [-0.15, -0.1) is 12.4 Å². The zero-order chi connectivity index (χ0) is 12.3. The van der Waals surface area contributed by atoms with Crippen molar-refractivity contribution < 1.29 is 9.53 Å². The summed E-state index contributed by atoms with van der Waals surface area (Å²) in [5.41, 5.74) is 5.24. The molecule has 0 aromatic carbocycles. The van der Waals surface area contributed by atoms with Crippen molar-refractivity contribution >= 4 is 18.3 Å². The third-order valence-electron chi connectivity index (χ3n) is 2.46. The minimum Gasteiger partial charge on any atom is -0.377 e. The first-order valence-corrected chi connectivity index (χ1v) is 5.18. The van der Waals surface area contributed by atoms with Crippen molar-refractivity contribution in [2.24, 2.45) is 11.1 Å². The van der Waals surface area contributed by atoms with Crippen molar-refractivity contribution in [1.29, 1.82) is 0 Å². The van der Waals surface area contributed by atoms with Crippen molar-refractivity contribution in [2.45, 2.75) is 46.3 Å². The van der Waals surface area contributed by atoms with Gasteiger partial charge in [-0.3, -0.25) is 4.79 Å². The van der Waals surface area contributed by atoms with E-state index < -0.39 is 6.04 Å². The van der Waals surface area contributed by atoms with Gasteiger partial charge in [-0.1, -0.05) is 20.8 Å². The number of nitrogens with two attached hydrogens (primary N) is 1. The van der Waals surface area contributed by atoms with Gasteiger partial charge in [0, 0.05) is 13.7 Å². The van der Waals surface area contributed by atoms with Gasteiger partial charge in [-0.05, 0) is 19.3 Å². The molecule has 0 rings (SSSR count). The minimum atomic E-state index is -0.495. The predicted octanol–water partition coefficient (Wildman–Crippen LogP) is 1.32. The zero-order valence-corrected chi connectivity index (χ0v) is 11.9. The SMILES string of the molecule is COC(C)(C)CNC(=O)[C@@H](N)C(C)(C)C.Cl. The number of carbonyl (C=O) groups excluding carboxylic acids is 1. The van der Waals surface area contributed by atoms with Gasteiger partial charge in [0.2, 0.25) is 5.91 Å². The van der Waals surface area contributed by atoms with E-state index in [1.165, 1.54) is 0 Å². The Hall–Kier alpha value is -0.320. The fraction of sp³-hybridized carbons (Fsp3) is 0.909. The third kappa shape index (κ3) is 6.30. The Morgan fingerprint density at radius 3 is 2.06 bits per heavy atom. The number of rotatable bonds is 4. The molecule has 98 valence electrons. The quantitative estimate of drug-likeness (QED) is 0.793. The van der Waals surface area contributed by atoms with Crippen LogP contribution in [0.3, 0.4) is 0 Å². The first-order chi connectivity index (χ1) is 6.60. The molecule has 0 heterocycles. The van der Waals surface area contributed by atoms with Gasteiger partial charge in [-0.25, -0.2) is 0 Å². The van der Waals surface area contributed by atoms with Crippen LogP contribution in [-0.4, -0.2) is 31.2 Å². The van der Waals surface area contributed by atoms with E-state index in [-0.39, 0.29) is 29.3 Å². The van der Waals surface area contributed by atoms with E-state index >= 15 is 0 Å². The lowest BCUT2D eigenvalue weighted by atomic mass is 9.87. The monoisotopic (exact) mass is 252 g/mol. The van der Waals surface area contributed by atoms with Gasteiger partial charge in [0.15, 0.2) is 0 Å². The highest BCUT2D eigenvalue weighted by molar-refractivity contribution is 5.85. The van der Waals surface area contributed by atoms with E-state index in [4.69, 9.17) is 10.5 Å². The highest BCUT2D eigenvalue weighted by Crippen LogP contribution is 2.17. The van der Waals surface area contributed by atoms with Crippen LogP contribution in [-0.2, 0) is 9.53 Å². The molecule has 0 aromatic heterocycles. The molecular weight excluding hydrogens is 228 g/mol. The summed E-state index contributed by atoms with van der Waals surface area (Å²) >= 11 is 0. The van der Waals surface area contributed by atoms with Crippen LogP contribution in [0.2, 0.25) is 0 Å². The van der Waals surface area contributed by atoms with Crippen LogP contribution >= 0.6 is 12.4 Å². The maximum Gasteiger partial charge on any atom is 0.237 e. The Morgan fingerprint density at radius 2 is 1.75 bits per heavy atom. The summed E-state index contributed by atoms with van der Waals surface area (Å²) in [6.45, 7) is 10.1. The number of ether oxygens (including phenoxy) is 1. The first-order valence-electron chi connectivity index (χ1n) is 5.18. The second kappa shape index (κ2) is 6.42. The number of nitrogens with one attached hydrogen (secondary N) is 1. The van der Waals surface area contributed by atoms with Crippen LogP contribution in [0.1, 0.15) is 34.6 Å². The van der Waals surface area contributed by atoms with Crippen LogP contribution in [0.4, 0.5) is 0 Å². The lowest BCUT2D eigenvalue weighted by Crippen LogP contribution is -2.51. The van der Waals surface area contributed by atoms with Gasteiger partial charge >= 0.3 is 0 Å². The molecule has 3 N–H and O–H groups in total. The molecule has 0 aliphatic rings. The maximum absolute atomic E-state index is 11.7. The average Bonchev–Trinajstić information content (AvgIpc) is 2.11. The summed E-state index contributed by atoms with van der Waals surface area (Å²) in [5.74, 6) is -0.132. The topological polar surface area (TPSA) is 64.3 Å².